The van der Waals surface area contributed by atoms with E-state index in [0.29, 0.717) is 13.2 Å². The van der Waals surface area contributed by atoms with Gasteiger partial charge in [0.1, 0.15) is 0 Å². The second-order valence-electron chi connectivity index (χ2n) is 4.91. The van der Waals surface area contributed by atoms with Crippen molar-refractivity contribution in [1.82, 2.24) is 0 Å². The van der Waals surface area contributed by atoms with Gasteiger partial charge in [-0.2, -0.15) is 0 Å². The van der Waals surface area contributed by atoms with Crippen LogP contribution in [0.2, 0.25) is 0 Å². The molecule has 1 saturated heterocycles. The molecule has 2 atom stereocenters. The Morgan fingerprint density at radius 2 is 1.77 bits per heavy atom. The molecule has 2 fully saturated rings. The number of hydrogen-bond donors (Lipinski definition) is 1. The lowest BCUT2D eigenvalue weighted by Crippen LogP contribution is -2.28. The number of ether oxygens (including phenoxy) is 2. The van der Waals surface area contributed by atoms with Crippen LogP contribution in [-0.2, 0) is 9.47 Å². The number of hydrogen-bond acceptors (Lipinski definition) is 3. The molecule has 0 amide bonds. The Kier molecular flexibility index (Phi) is 2.34. The highest BCUT2D eigenvalue weighted by atomic mass is 16.7. The summed E-state index contributed by atoms with van der Waals surface area (Å²) in [5.74, 6) is 0.178. The van der Waals surface area contributed by atoms with Crippen molar-refractivity contribution >= 4 is 0 Å². The van der Waals surface area contributed by atoms with Crippen molar-refractivity contribution in [3.63, 3.8) is 0 Å². The summed E-state index contributed by atoms with van der Waals surface area (Å²) < 4.78 is 10.8. The van der Waals surface area contributed by atoms with Crippen molar-refractivity contribution in [3.8, 4) is 0 Å². The molecule has 0 aromatic heterocycles. The third-order valence-electron chi connectivity index (χ3n) is 3.04. The Bertz CT molecular complexity index is 185. The molecule has 76 valence electrons. The number of aliphatic hydroxyl groups excluding tert-OH is 1. The summed E-state index contributed by atoms with van der Waals surface area (Å²) in [5.41, 5.74) is 0.236. The first kappa shape index (κ1) is 9.44. The van der Waals surface area contributed by atoms with Gasteiger partial charge in [-0.15, -0.1) is 0 Å². The van der Waals surface area contributed by atoms with Crippen molar-refractivity contribution in [1.29, 1.82) is 0 Å². The van der Waals surface area contributed by atoms with Crippen LogP contribution in [0.5, 0.6) is 0 Å². The molecular formula is C10H18O3. The first-order chi connectivity index (χ1) is 6.08. The third kappa shape index (κ3) is 1.87. The summed E-state index contributed by atoms with van der Waals surface area (Å²) in [5, 5.41) is 9.82. The highest BCUT2D eigenvalue weighted by Crippen LogP contribution is 2.43. The first-order valence-electron chi connectivity index (χ1n) is 5.00. The summed E-state index contributed by atoms with van der Waals surface area (Å²) >= 11 is 0. The predicted molar refractivity (Wildman–Crippen MR) is 48.2 cm³/mol. The second kappa shape index (κ2) is 3.23. The zero-order valence-electron chi connectivity index (χ0n) is 8.32. The molecule has 0 aromatic rings. The fraction of sp³-hybridized carbons (Fsp3) is 1.00. The average Bonchev–Trinajstić information content (AvgIpc) is 2.56. The molecule has 2 aliphatic rings. The van der Waals surface area contributed by atoms with E-state index < -0.39 is 0 Å². The standard InChI is InChI=1S/C10H18O3/c1-10(2)5-7(8(11)6-10)9-12-3-4-13-9/h7-9,11H,3-6H2,1-2H3. The van der Waals surface area contributed by atoms with E-state index in [1.165, 1.54) is 0 Å². The molecule has 0 spiro atoms. The van der Waals surface area contributed by atoms with Gasteiger partial charge in [-0.1, -0.05) is 13.8 Å². The molecule has 1 heterocycles. The molecular weight excluding hydrogens is 168 g/mol. The van der Waals surface area contributed by atoms with Gasteiger partial charge in [0.25, 0.3) is 0 Å². The SMILES string of the molecule is CC1(C)CC(O)C(C2OCCO2)C1. The molecule has 1 saturated carbocycles. The minimum Gasteiger partial charge on any atom is -0.393 e. The summed E-state index contributed by atoms with van der Waals surface area (Å²) in [6, 6.07) is 0. The van der Waals surface area contributed by atoms with Crippen LogP contribution in [0, 0.1) is 11.3 Å². The highest BCUT2D eigenvalue weighted by Gasteiger charge is 2.44. The van der Waals surface area contributed by atoms with Gasteiger partial charge < -0.3 is 14.6 Å². The van der Waals surface area contributed by atoms with Gasteiger partial charge in [0, 0.05) is 5.92 Å². The van der Waals surface area contributed by atoms with Crippen molar-refractivity contribution in [2.75, 3.05) is 13.2 Å². The molecule has 2 rings (SSSR count). The van der Waals surface area contributed by atoms with E-state index >= 15 is 0 Å². The molecule has 3 heteroatoms. The van der Waals surface area contributed by atoms with Crippen LogP contribution in [-0.4, -0.2) is 30.7 Å². The molecule has 0 aromatic carbocycles. The smallest absolute Gasteiger partial charge is 0.163 e. The van der Waals surface area contributed by atoms with Gasteiger partial charge in [-0.25, -0.2) is 0 Å². The fourth-order valence-corrected chi connectivity index (χ4v) is 2.48. The van der Waals surface area contributed by atoms with Crippen molar-refractivity contribution in [2.45, 2.75) is 39.1 Å². The molecule has 13 heavy (non-hydrogen) atoms. The van der Waals surface area contributed by atoms with Crippen LogP contribution >= 0.6 is 0 Å². The molecule has 3 nitrogen and oxygen atoms in total. The second-order valence-corrected chi connectivity index (χ2v) is 4.91. The lowest BCUT2D eigenvalue weighted by atomic mass is 9.90. The molecule has 1 aliphatic heterocycles. The van der Waals surface area contributed by atoms with Crippen molar-refractivity contribution < 1.29 is 14.6 Å². The van der Waals surface area contributed by atoms with E-state index in [1.54, 1.807) is 0 Å². The highest BCUT2D eigenvalue weighted by molar-refractivity contribution is 4.90. The van der Waals surface area contributed by atoms with E-state index in [2.05, 4.69) is 13.8 Å². The molecule has 1 aliphatic carbocycles. The topological polar surface area (TPSA) is 38.7 Å². The zero-order chi connectivity index (χ0) is 9.47. The molecule has 1 N–H and O–H groups in total. The van der Waals surface area contributed by atoms with Gasteiger partial charge in [-0.3, -0.25) is 0 Å². The van der Waals surface area contributed by atoms with Gasteiger partial charge in [0.2, 0.25) is 0 Å². The lowest BCUT2D eigenvalue weighted by molar-refractivity contribution is -0.108. The van der Waals surface area contributed by atoms with Crippen LogP contribution in [0.25, 0.3) is 0 Å². The molecule has 0 radical (unpaired) electrons. The minimum absolute atomic E-state index is 0.156. The molecule has 2 unspecified atom stereocenters. The van der Waals surface area contributed by atoms with Crippen LogP contribution in [0.4, 0.5) is 0 Å². The normalized spacial score (nSPS) is 39.9. The Balaban J connectivity index is 1.99. The summed E-state index contributed by atoms with van der Waals surface area (Å²) in [4.78, 5) is 0. The summed E-state index contributed by atoms with van der Waals surface area (Å²) in [7, 11) is 0. The van der Waals surface area contributed by atoms with Crippen LogP contribution in [0.1, 0.15) is 26.7 Å². The summed E-state index contributed by atoms with van der Waals surface area (Å²) in [6.45, 7) is 5.72. The van der Waals surface area contributed by atoms with Gasteiger partial charge in [0.15, 0.2) is 6.29 Å². The largest absolute Gasteiger partial charge is 0.393 e. The Morgan fingerprint density at radius 3 is 2.23 bits per heavy atom. The van der Waals surface area contributed by atoms with Crippen LogP contribution in [0.3, 0.4) is 0 Å². The average molecular weight is 186 g/mol. The van der Waals surface area contributed by atoms with E-state index in [1.807, 2.05) is 0 Å². The van der Waals surface area contributed by atoms with E-state index in [9.17, 15) is 5.11 Å². The minimum atomic E-state index is -0.252. The zero-order valence-corrected chi connectivity index (χ0v) is 8.32. The van der Waals surface area contributed by atoms with E-state index in [4.69, 9.17) is 9.47 Å². The summed E-state index contributed by atoms with van der Waals surface area (Å²) in [6.07, 6.45) is 1.45. The first-order valence-corrected chi connectivity index (χ1v) is 5.00. The Labute approximate surface area is 79.0 Å². The van der Waals surface area contributed by atoms with Crippen molar-refractivity contribution in [2.24, 2.45) is 11.3 Å². The maximum Gasteiger partial charge on any atom is 0.163 e. The van der Waals surface area contributed by atoms with Crippen LogP contribution < -0.4 is 0 Å². The number of rotatable bonds is 1. The maximum atomic E-state index is 9.82. The predicted octanol–water partition coefficient (Wildman–Crippen LogP) is 1.16. The molecule has 0 bridgehead atoms. The fourth-order valence-electron chi connectivity index (χ4n) is 2.48. The van der Waals surface area contributed by atoms with Gasteiger partial charge >= 0.3 is 0 Å². The number of aliphatic hydroxyl groups is 1. The van der Waals surface area contributed by atoms with Gasteiger partial charge in [-0.05, 0) is 18.3 Å². The maximum absolute atomic E-state index is 9.82. The lowest BCUT2D eigenvalue weighted by Gasteiger charge is -2.20. The third-order valence-corrected chi connectivity index (χ3v) is 3.04. The Hall–Kier alpha value is -0.120. The van der Waals surface area contributed by atoms with E-state index in [0.717, 1.165) is 12.8 Å². The quantitative estimate of drug-likeness (QED) is 0.667. The Morgan fingerprint density at radius 1 is 1.15 bits per heavy atom. The monoisotopic (exact) mass is 186 g/mol. The van der Waals surface area contributed by atoms with E-state index in [-0.39, 0.29) is 23.7 Å². The van der Waals surface area contributed by atoms with Gasteiger partial charge in [0.05, 0.1) is 19.3 Å². The van der Waals surface area contributed by atoms with Crippen LogP contribution in [0.15, 0.2) is 0 Å². The van der Waals surface area contributed by atoms with Crippen molar-refractivity contribution in [3.05, 3.63) is 0 Å².